The Morgan fingerprint density at radius 2 is 1.74 bits per heavy atom. The fourth-order valence-electron chi connectivity index (χ4n) is 1.92. The van der Waals surface area contributed by atoms with Crippen LogP contribution in [0.4, 0.5) is 0 Å². The smallest absolute Gasteiger partial charge is 0.338 e. The minimum Gasteiger partial charge on any atom is -0.455 e. The minimum absolute atomic E-state index is 0.126. The molecule has 3 heteroatoms. The van der Waals surface area contributed by atoms with Gasteiger partial charge in [0.2, 0.25) is 0 Å². The monoisotopic (exact) mass is 320 g/mol. The Kier molecular flexibility index (Phi) is 5.40. The zero-order chi connectivity index (χ0) is 13.5. The highest BCUT2D eigenvalue weighted by atomic mass is 79.9. The van der Waals surface area contributed by atoms with Crippen molar-refractivity contribution in [2.75, 3.05) is 0 Å². The van der Waals surface area contributed by atoms with Gasteiger partial charge in [-0.15, -0.1) is 0 Å². The lowest BCUT2D eigenvalue weighted by Gasteiger charge is -2.13. The number of benzene rings is 1. The first-order valence-corrected chi connectivity index (χ1v) is 7.33. The van der Waals surface area contributed by atoms with E-state index in [0.717, 1.165) is 30.2 Å². The normalized spacial score (nSPS) is 22.7. The molecule has 0 amide bonds. The number of hydrogen-bond acceptors (Lipinski definition) is 2. The van der Waals surface area contributed by atoms with Crippen LogP contribution in [0.2, 0.25) is 0 Å². The van der Waals surface area contributed by atoms with Crippen LogP contribution in [0.25, 0.3) is 0 Å². The molecule has 0 heterocycles. The molecule has 0 saturated heterocycles. The van der Waals surface area contributed by atoms with E-state index in [0.29, 0.717) is 5.56 Å². The summed E-state index contributed by atoms with van der Waals surface area (Å²) in [5, 5.41) is 0. The Hall–Kier alpha value is -1.35. The number of carbonyl (C=O) groups is 1. The highest BCUT2D eigenvalue weighted by molar-refractivity contribution is 9.10. The van der Waals surface area contributed by atoms with Gasteiger partial charge in [0.1, 0.15) is 6.10 Å². The predicted octanol–water partition coefficient (Wildman–Crippen LogP) is 4.66. The zero-order valence-corrected chi connectivity index (χ0v) is 12.3. The second-order valence-corrected chi connectivity index (χ2v) is 5.42. The molecule has 1 unspecified atom stereocenters. The first-order chi connectivity index (χ1) is 9.25. The maximum absolute atomic E-state index is 12.0. The molecule has 0 fully saturated rings. The van der Waals surface area contributed by atoms with E-state index >= 15 is 0 Å². The molecular formula is C16H17BrO2. The van der Waals surface area contributed by atoms with Crippen LogP contribution in [0.3, 0.4) is 0 Å². The van der Waals surface area contributed by atoms with Gasteiger partial charge >= 0.3 is 5.97 Å². The maximum Gasteiger partial charge on any atom is 0.338 e. The van der Waals surface area contributed by atoms with Crippen molar-refractivity contribution in [2.45, 2.75) is 31.8 Å². The van der Waals surface area contributed by atoms with Crippen molar-refractivity contribution in [3.63, 3.8) is 0 Å². The SMILES string of the molecule is O=C(OC1/C=C\CC/C=C\CC1)c1ccc(Br)cc1. The average Bonchev–Trinajstić information content (AvgIpc) is 2.53. The fourth-order valence-corrected chi connectivity index (χ4v) is 2.19. The number of carbonyl (C=O) groups excluding carboxylic acids is 1. The standard InChI is InChI=1S/C16H17BrO2/c17-14-11-9-13(10-12-14)16(18)19-15-7-5-3-1-2-4-6-8-15/h1,3,6,8-12,15H,2,4-5,7H2/b3-1-,8-6-. The summed E-state index contributed by atoms with van der Waals surface area (Å²) in [6, 6.07) is 7.23. The molecule has 0 bridgehead atoms. The molecule has 1 aromatic carbocycles. The van der Waals surface area contributed by atoms with Gasteiger partial charge < -0.3 is 4.74 Å². The molecular weight excluding hydrogens is 304 g/mol. The van der Waals surface area contributed by atoms with E-state index in [9.17, 15) is 4.79 Å². The van der Waals surface area contributed by atoms with Gasteiger partial charge in [-0.3, -0.25) is 0 Å². The Morgan fingerprint density at radius 3 is 2.53 bits per heavy atom. The van der Waals surface area contributed by atoms with Crippen LogP contribution in [0.15, 0.2) is 53.0 Å². The number of hydrogen-bond donors (Lipinski definition) is 0. The van der Waals surface area contributed by atoms with E-state index in [2.05, 4.69) is 34.2 Å². The molecule has 19 heavy (non-hydrogen) atoms. The first kappa shape index (κ1) is 14.1. The van der Waals surface area contributed by atoms with Gasteiger partial charge in [-0.2, -0.15) is 0 Å². The summed E-state index contributed by atoms with van der Waals surface area (Å²) < 4.78 is 6.49. The summed E-state index contributed by atoms with van der Waals surface area (Å²) in [7, 11) is 0. The second-order valence-electron chi connectivity index (χ2n) is 4.50. The third kappa shape index (κ3) is 4.67. The number of halogens is 1. The van der Waals surface area contributed by atoms with E-state index in [1.807, 2.05) is 18.2 Å². The highest BCUT2D eigenvalue weighted by Crippen LogP contribution is 2.15. The van der Waals surface area contributed by atoms with Crippen molar-refractivity contribution in [1.29, 1.82) is 0 Å². The van der Waals surface area contributed by atoms with E-state index in [4.69, 9.17) is 4.74 Å². The van der Waals surface area contributed by atoms with Gasteiger partial charge in [0, 0.05) is 4.47 Å². The number of allylic oxidation sites excluding steroid dienone is 3. The number of rotatable bonds is 2. The average molecular weight is 321 g/mol. The number of ether oxygens (including phenoxy) is 1. The Bertz CT molecular complexity index is 474. The van der Waals surface area contributed by atoms with Crippen LogP contribution in [0.5, 0.6) is 0 Å². The van der Waals surface area contributed by atoms with Gasteiger partial charge in [-0.25, -0.2) is 4.79 Å². The third-order valence-electron chi connectivity index (χ3n) is 2.97. The van der Waals surface area contributed by atoms with Crippen LogP contribution >= 0.6 is 15.9 Å². The second kappa shape index (κ2) is 7.29. The molecule has 1 aliphatic carbocycles. The van der Waals surface area contributed by atoms with Gasteiger partial charge in [0.25, 0.3) is 0 Å². The molecule has 0 radical (unpaired) electrons. The first-order valence-electron chi connectivity index (χ1n) is 6.54. The summed E-state index contributed by atoms with van der Waals surface area (Å²) in [5.41, 5.74) is 0.590. The van der Waals surface area contributed by atoms with Crippen LogP contribution in [-0.2, 0) is 4.74 Å². The molecule has 0 spiro atoms. The van der Waals surface area contributed by atoms with Crippen molar-refractivity contribution in [1.82, 2.24) is 0 Å². The van der Waals surface area contributed by atoms with Crippen molar-refractivity contribution >= 4 is 21.9 Å². The third-order valence-corrected chi connectivity index (χ3v) is 3.50. The molecule has 1 atom stereocenters. The zero-order valence-electron chi connectivity index (χ0n) is 10.7. The molecule has 0 saturated carbocycles. The largest absolute Gasteiger partial charge is 0.455 e. The molecule has 1 aliphatic rings. The minimum atomic E-state index is -0.259. The van der Waals surface area contributed by atoms with Crippen molar-refractivity contribution < 1.29 is 9.53 Å². The lowest BCUT2D eigenvalue weighted by Crippen LogP contribution is -2.16. The van der Waals surface area contributed by atoms with Crippen LogP contribution in [-0.4, -0.2) is 12.1 Å². The molecule has 2 nitrogen and oxygen atoms in total. The van der Waals surface area contributed by atoms with Gasteiger partial charge in [0.15, 0.2) is 0 Å². The topological polar surface area (TPSA) is 26.3 Å². The highest BCUT2D eigenvalue weighted by Gasteiger charge is 2.13. The Labute approximate surface area is 122 Å². The number of esters is 1. The summed E-state index contributed by atoms with van der Waals surface area (Å²) in [5.74, 6) is -0.259. The van der Waals surface area contributed by atoms with Crippen LogP contribution in [0.1, 0.15) is 36.0 Å². The summed E-state index contributed by atoms with van der Waals surface area (Å²) in [4.78, 5) is 12.0. The van der Waals surface area contributed by atoms with Crippen LogP contribution in [0, 0.1) is 0 Å². The van der Waals surface area contributed by atoms with Gasteiger partial charge in [-0.1, -0.05) is 34.2 Å². The van der Waals surface area contributed by atoms with Crippen molar-refractivity contribution in [2.24, 2.45) is 0 Å². The lowest BCUT2D eigenvalue weighted by molar-refractivity contribution is 0.0382. The summed E-state index contributed by atoms with van der Waals surface area (Å²) >= 11 is 3.35. The predicted molar refractivity (Wildman–Crippen MR) is 80.1 cm³/mol. The molecule has 0 aromatic heterocycles. The summed E-state index contributed by atoms with van der Waals surface area (Å²) in [6.07, 6.45) is 12.2. The molecule has 100 valence electrons. The Morgan fingerprint density at radius 1 is 1.05 bits per heavy atom. The molecule has 0 N–H and O–H groups in total. The Balaban J connectivity index is 1.98. The fraction of sp³-hybridized carbons (Fsp3) is 0.312. The van der Waals surface area contributed by atoms with E-state index in [-0.39, 0.29) is 12.1 Å². The van der Waals surface area contributed by atoms with Gasteiger partial charge in [0.05, 0.1) is 5.56 Å². The van der Waals surface area contributed by atoms with Crippen molar-refractivity contribution in [3.8, 4) is 0 Å². The maximum atomic E-state index is 12.0. The molecule has 0 aliphatic heterocycles. The van der Waals surface area contributed by atoms with E-state index in [1.165, 1.54) is 0 Å². The molecule has 2 rings (SSSR count). The quantitative estimate of drug-likeness (QED) is 0.585. The lowest BCUT2D eigenvalue weighted by atomic mass is 10.1. The van der Waals surface area contributed by atoms with Crippen molar-refractivity contribution in [3.05, 3.63) is 58.6 Å². The molecule has 1 aromatic rings. The summed E-state index contributed by atoms with van der Waals surface area (Å²) in [6.45, 7) is 0. The van der Waals surface area contributed by atoms with Crippen LogP contribution < -0.4 is 0 Å². The van der Waals surface area contributed by atoms with E-state index in [1.54, 1.807) is 12.1 Å². The van der Waals surface area contributed by atoms with Gasteiger partial charge in [-0.05, 0) is 56.0 Å². The van der Waals surface area contributed by atoms with E-state index < -0.39 is 0 Å².